The number of amides is 1. The van der Waals surface area contributed by atoms with E-state index >= 15 is 0 Å². The molecule has 1 aliphatic carbocycles. The molecule has 0 aromatic heterocycles. The van der Waals surface area contributed by atoms with Crippen LogP contribution in [0.5, 0.6) is 0 Å². The summed E-state index contributed by atoms with van der Waals surface area (Å²) in [6.45, 7) is 2.44. The maximum absolute atomic E-state index is 12.6. The number of halogens is 1. The minimum atomic E-state index is -0.435. The van der Waals surface area contributed by atoms with Gasteiger partial charge >= 0.3 is 0 Å². The van der Waals surface area contributed by atoms with Crippen LogP contribution < -0.4 is 5.73 Å². The Balaban J connectivity index is 0.00000192. The first-order valence-electron chi connectivity index (χ1n) is 8.19. The van der Waals surface area contributed by atoms with E-state index in [2.05, 4.69) is 36.4 Å². The number of hydrogen-bond donors (Lipinski definition) is 1. The predicted octanol–water partition coefficient (Wildman–Crippen LogP) is 3.88. The molecule has 2 aromatic carbocycles. The summed E-state index contributed by atoms with van der Waals surface area (Å²) in [5, 5.41) is 2.45. The molecule has 4 heteroatoms. The topological polar surface area (TPSA) is 46.3 Å². The summed E-state index contributed by atoms with van der Waals surface area (Å²) < 4.78 is 0. The van der Waals surface area contributed by atoms with Gasteiger partial charge in [-0.05, 0) is 36.1 Å². The lowest BCUT2D eigenvalue weighted by Gasteiger charge is -2.31. The fourth-order valence-electron chi connectivity index (χ4n) is 3.48. The van der Waals surface area contributed by atoms with E-state index in [0.717, 1.165) is 12.8 Å². The van der Waals surface area contributed by atoms with E-state index < -0.39 is 6.04 Å². The predicted molar refractivity (Wildman–Crippen MR) is 97.7 cm³/mol. The molecular formula is C19H25ClN2O. The molecule has 0 bridgehead atoms. The van der Waals surface area contributed by atoms with Gasteiger partial charge in [0.15, 0.2) is 0 Å². The third-order valence-electron chi connectivity index (χ3n) is 4.66. The van der Waals surface area contributed by atoms with E-state index in [1.165, 1.54) is 29.2 Å². The monoisotopic (exact) mass is 332 g/mol. The van der Waals surface area contributed by atoms with Crippen molar-refractivity contribution in [3.63, 3.8) is 0 Å². The second kappa shape index (κ2) is 7.80. The molecule has 124 valence electrons. The number of fused-ring (bicyclic) bond motifs is 1. The van der Waals surface area contributed by atoms with E-state index in [1.807, 2.05) is 11.0 Å². The summed E-state index contributed by atoms with van der Waals surface area (Å²) in [5.41, 5.74) is 7.09. The van der Waals surface area contributed by atoms with E-state index in [0.29, 0.717) is 12.6 Å². The first kappa shape index (κ1) is 17.8. The van der Waals surface area contributed by atoms with Gasteiger partial charge < -0.3 is 10.6 Å². The summed E-state index contributed by atoms with van der Waals surface area (Å²) in [4.78, 5) is 14.6. The highest BCUT2D eigenvalue weighted by atomic mass is 35.5. The second-order valence-corrected chi connectivity index (χ2v) is 6.33. The average Bonchev–Trinajstić information content (AvgIpc) is 3.06. The molecule has 2 aromatic rings. The number of carbonyl (C=O) groups is 1. The molecule has 3 rings (SSSR count). The maximum Gasteiger partial charge on any atom is 0.239 e. The summed E-state index contributed by atoms with van der Waals surface area (Å²) in [5.74, 6) is 0.0693. The molecule has 1 aliphatic rings. The van der Waals surface area contributed by atoms with Crippen molar-refractivity contribution in [1.82, 2.24) is 4.90 Å². The van der Waals surface area contributed by atoms with Crippen molar-refractivity contribution in [1.29, 1.82) is 0 Å². The zero-order valence-corrected chi connectivity index (χ0v) is 14.4. The van der Waals surface area contributed by atoms with E-state index in [9.17, 15) is 4.79 Å². The Labute approximate surface area is 144 Å². The van der Waals surface area contributed by atoms with Crippen LogP contribution in [0.2, 0.25) is 0 Å². The number of benzene rings is 2. The van der Waals surface area contributed by atoms with Crippen LogP contribution in [0.25, 0.3) is 10.8 Å². The number of nitrogens with two attached hydrogens (primary N) is 1. The van der Waals surface area contributed by atoms with Crippen LogP contribution in [0.3, 0.4) is 0 Å². The van der Waals surface area contributed by atoms with Gasteiger partial charge in [-0.1, -0.05) is 55.3 Å². The van der Waals surface area contributed by atoms with Gasteiger partial charge in [0.05, 0.1) is 6.04 Å². The molecule has 2 N–H and O–H groups in total. The number of carbonyl (C=O) groups excluding carboxylic acids is 1. The Morgan fingerprint density at radius 2 is 1.83 bits per heavy atom. The molecule has 3 nitrogen and oxygen atoms in total. The highest BCUT2D eigenvalue weighted by Gasteiger charge is 2.28. The van der Waals surface area contributed by atoms with Crippen molar-refractivity contribution in [3.8, 4) is 0 Å². The Kier molecular flexibility index (Phi) is 6.03. The molecule has 0 saturated heterocycles. The molecule has 0 spiro atoms. The van der Waals surface area contributed by atoms with Crippen molar-refractivity contribution in [3.05, 3.63) is 48.0 Å². The minimum Gasteiger partial charge on any atom is -0.334 e. The summed E-state index contributed by atoms with van der Waals surface area (Å²) in [7, 11) is 0. The second-order valence-electron chi connectivity index (χ2n) is 6.33. The summed E-state index contributed by atoms with van der Waals surface area (Å²) in [6.07, 6.45) is 4.62. The largest absolute Gasteiger partial charge is 0.334 e. The molecule has 23 heavy (non-hydrogen) atoms. The average molecular weight is 333 g/mol. The molecule has 1 saturated carbocycles. The highest BCUT2D eigenvalue weighted by molar-refractivity contribution is 5.87. The van der Waals surface area contributed by atoms with Gasteiger partial charge in [0.2, 0.25) is 5.91 Å². The summed E-state index contributed by atoms with van der Waals surface area (Å²) >= 11 is 0. The SMILES string of the molecule is C[C@H](N)C(=O)N(Cc1cccc2ccccc12)C1CCCC1.Cl. The minimum absolute atomic E-state index is 0. The van der Waals surface area contributed by atoms with Gasteiger partial charge in [0.25, 0.3) is 0 Å². The number of nitrogens with zero attached hydrogens (tertiary/aromatic N) is 1. The van der Waals surface area contributed by atoms with Crippen molar-refractivity contribution >= 4 is 29.1 Å². The van der Waals surface area contributed by atoms with Crippen LogP contribution in [0.15, 0.2) is 42.5 Å². The van der Waals surface area contributed by atoms with E-state index in [-0.39, 0.29) is 18.3 Å². The molecule has 0 heterocycles. The van der Waals surface area contributed by atoms with Gasteiger partial charge in [-0.15, -0.1) is 12.4 Å². The first-order valence-corrected chi connectivity index (χ1v) is 8.19. The van der Waals surface area contributed by atoms with Crippen LogP contribution in [-0.2, 0) is 11.3 Å². The van der Waals surface area contributed by atoms with Crippen LogP contribution in [0, 0.1) is 0 Å². The molecule has 0 unspecified atom stereocenters. The Hall–Kier alpha value is -1.58. The maximum atomic E-state index is 12.6. The zero-order valence-electron chi connectivity index (χ0n) is 13.6. The Morgan fingerprint density at radius 3 is 2.52 bits per heavy atom. The van der Waals surface area contributed by atoms with E-state index in [1.54, 1.807) is 6.92 Å². The van der Waals surface area contributed by atoms with Gasteiger partial charge in [-0.25, -0.2) is 0 Å². The molecule has 0 aliphatic heterocycles. The van der Waals surface area contributed by atoms with Gasteiger partial charge in [-0.2, -0.15) is 0 Å². The smallest absolute Gasteiger partial charge is 0.239 e. The summed E-state index contributed by atoms with van der Waals surface area (Å²) in [6, 6.07) is 14.6. The lowest BCUT2D eigenvalue weighted by Crippen LogP contribution is -2.46. The zero-order chi connectivity index (χ0) is 15.5. The van der Waals surface area contributed by atoms with Crippen molar-refractivity contribution < 1.29 is 4.79 Å². The van der Waals surface area contributed by atoms with Crippen LogP contribution >= 0.6 is 12.4 Å². The quantitative estimate of drug-likeness (QED) is 0.923. The Bertz CT molecular complexity index is 660. The number of hydrogen-bond acceptors (Lipinski definition) is 2. The highest BCUT2D eigenvalue weighted by Crippen LogP contribution is 2.27. The first-order chi connectivity index (χ1) is 10.7. The molecule has 1 amide bonds. The molecule has 1 fully saturated rings. The van der Waals surface area contributed by atoms with Crippen LogP contribution in [0.1, 0.15) is 38.2 Å². The number of rotatable bonds is 4. The molecular weight excluding hydrogens is 308 g/mol. The van der Waals surface area contributed by atoms with Crippen LogP contribution in [-0.4, -0.2) is 22.9 Å². The standard InChI is InChI=1S/C19H24N2O.ClH/c1-14(20)19(22)21(17-10-3-4-11-17)13-16-9-6-8-15-7-2-5-12-18(15)16;/h2,5-9,12,14,17H,3-4,10-11,13,20H2,1H3;1H/t14-;/m0./s1. The lowest BCUT2D eigenvalue weighted by atomic mass is 10.0. The fraction of sp³-hybridized carbons (Fsp3) is 0.421. The molecule has 0 radical (unpaired) electrons. The normalized spacial score (nSPS) is 16.1. The van der Waals surface area contributed by atoms with Crippen molar-refractivity contribution in [2.24, 2.45) is 5.73 Å². The van der Waals surface area contributed by atoms with E-state index in [4.69, 9.17) is 5.73 Å². The Morgan fingerprint density at radius 1 is 1.17 bits per heavy atom. The molecule has 1 atom stereocenters. The van der Waals surface area contributed by atoms with Crippen LogP contribution in [0.4, 0.5) is 0 Å². The lowest BCUT2D eigenvalue weighted by molar-refractivity contribution is -0.135. The van der Waals surface area contributed by atoms with Crippen molar-refractivity contribution in [2.45, 2.75) is 51.2 Å². The fourth-order valence-corrected chi connectivity index (χ4v) is 3.48. The third kappa shape index (κ3) is 3.85. The third-order valence-corrected chi connectivity index (χ3v) is 4.66. The van der Waals surface area contributed by atoms with Gasteiger partial charge in [0.1, 0.15) is 0 Å². The van der Waals surface area contributed by atoms with Gasteiger partial charge in [0, 0.05) is 12.6 Å². The van der Waals surface area contributed by atoms with Crippen molar-refractivity contribution in [2.75, 3.05) is 0 Å². The van der Waals surface area contributed by atoms with Gasteiger partial charge in [-0.3, -0.25) is 4.79 Å².